The van der Waals surface area contributed by atoms with Crippen molar-refractivity contribution in [1.29, 1.82) is 0 Å². The van der Waals surface area contributed by atoms with Crippen molar-refractivity contribution in [2.45, 2.75) is 31.7 Å². The Labute approximate surface area is 196 Å². The minimum Gasteiger partial charge on any atom is -0.394 e. The van der Waals surface area contributed by atoms with E-state index in [1.54, 1.807) is 18.2 Å². The predicted molar refractivity (Wildman–Crippen MR) is 126 cm³/mol. The maximum atomic E-state index is 12.3. The summed E-state index contributed by atoms with van der Waals surface area (Å²) in [5, 5.41) is 18.2. The van der Waals surface area contributed by atoms with Crippen molar-refractivity contribution >= 4 is 46.6 Å². The number of carbonyl (C=O) groups excluding carboxylic acids is 2. The Hall–Kier alpha value is -3.21. The number of anilines is 4. The average molecular weight is 475 g/mol. The van der Waals surface area contributed by atoms with Crippen LogP contribution in [-0.4, -0.2) is 46.1 Å². The molecule has 0 radical (unpaired) electrons. The number of carbonyl (C=O) groups is 2. The number of benzene rings is 1. The van der Waals surface area contributed by atoms with Gasteiger partial charge in [0.1, 0.15) is 5.02 Å². The Balaban J connectivity index is 1.67. The van der Waals surface area contributed by atoms with Crippen LogP contribution >= 0.6 is 11.6 Å². The molecule has 3 rings (SSSR count). The number of aliphatic hydroxyl groups is 1. The number of hydroxylamine groups is 1. The first-order valence-corrected chi connectivity index (χ1v) is 11.0. The lowest BCUT2D eigenvalue weighted by atomic mass is 9.85. The fraction of sp³-hybridized carbons (Fsp3) is 0.364. The fourth-order valence-corrected chi connectivity index (χ4v) is 3.67. The summed E-state index contributed by atoms with van der Waals surface area (Å²) in [6, 6.07) is 7.14. The second kappa shape index (κ2) is 12.1. The molecule has 11 heteroatoms. The normalized spacial score (nSPS) is 17.6. The Morgan fingerprint density at radius 1 is 1.27 bits per heavy atom. The molecule has 10 nitrogen and oxygen atoms in total. The van der Waals surface area contributed by atoms with Gasteiger partial charge in [-0.2, -0.15) is 4.98 Å². The minimum atomic E-state index is -0.335. The lowest BCUT2D eigenvalue weighted by Crippen LogP contribution is -2.38. The second-order valence-electron chi connectivity index (χ2n) is 7.50. The summed E-state index contributed by atoms with van der Waals surface area (Å²) in [6.07, 6.45) is 5.76. The van der Waals surface area contributed by atoms with E-state index in [0.717, 1.165) is 19.3 Å². The molecule has 1 aromatic heterocycles. The zero-order valence-electron chi connectivity index (χ0n) is 18.0. The van der Waals surface area contributed by atoms with Crippen molar-refractivity contribution < 1.29 is 19.5 Å². The summed E-state index contributed by atoms with van der Waals surface area (Å²) in [4.78, 5) is 37.6. The molecule has 2 amide bonds. The molecule has 0 aliphatic heterocycles. The van der Waals surface area contributed by atoms with E-state index in [4.69, 9.17) is 21.5 Å². The third-order valence-electron chi connectivity index (χ3n) is 5.11. The van der Waals surface area contributed by atoms with Crippen molar-refractivity contribution in [2.24, 2.45) is 5.92 Å². The Kier molecular flexibility index (Phi) is 8.99. The van der Waals surface area contributed by atoms with Gasteiger partial charge in [-0.15, -0.1) is 0 Å². The highest BCUT2D eigenvalue weighted by Gasteiger charge is 2.28. The van der Waals surface area contributed by atoms with Gasteiger partial charge in [0.2, 0.25) is 17.8 Å². The largest absolute Gasteiger partial charge is 0.394 e. The summed E-state index contributed by atoms with van der Waals surface area (Å²) in [7, 11) is 0. The summed E-state index contributed by atoms with van der Waals surface area (Å²) < 4.78 is 0. The van der Waals surface area contributed by atoms with E-state index in [9.17, 15) is 9.59 Å². The van der Waals surface area contributed by atoms with Crippen LogP contribution in [0.4, 0.5) is 23.1 Å². The van der Waals surface area contributed by atoms with Crippen molar-refractivity contribution in [3.8, 4) is 0 Å². The molecule has 1 aliphatic rings. The quantitative estimate of drug-likeness (QED) is 0.201. The molecule has 2 aromatic rings. The summed E-state index contributed by atoms with van der Waals surface area (Å²) in [5.74, 6) is -0.000178. The van der Waals surface area contributed by atoms with Gasteiger partial charge in [0, 0.05) is 12.0 Å². The number of hydrogen-bond donors (Lipinski definition) is 5. The molecule has 0 unspecified atom stereocenters. The monoisotopic (exact) mass is 474 g/mol. The highest BCUT2D eigenvalue weighted by atomic mass is 35.5. The van der Waals surface area contributed by atoms with Crippen LogP contribution in [0.5, 0.6) is 0 Å². The molecule has 2 atom stereocenters. The number of nitrogens with zero attached hydrogens (tertiary/aromatic N) is 2. The van der Waals surface area contributed by atoms with Gasteiger partial charge in [0.25, 0.3) is 0 Å². The Morgan fingerprint density at radius 2 is 2.06 bits per heavy atom. The Bertz CT molecular complexity index is 989. The lowest BCUT2D eigenvalue weighted by molar-refractivity contribution is -0.139. The molecule has 1 saturated carbocycles. The number of aliphatic hydroxyl groups excluding tert-OH is 1. The van der Waals surface area contributed by atoms with Crippen LogP contribution in [0.2, 0.25) is 5.02 Å². The van der Waals surface area contributed by atoms with Crippen LogP contribution in [-0.2, 0) is 14.4 Å². The molecule has 1 fully saturated rings. The topological polar surface area (TPSA) is 138 Å². The number of hydrogen-bond acceptors (Lipinski definition) is 8. The summed E-state index contributed by atoms with van der Waals surface area (Å²) in [5.41, 5.74) is 3.54. The molecule has 1 aliphatic carbocycles. The molecule has 1 heterocycles. The molecule has 0 spiro atoms. The molecule has 1 aromatic carbocycles. The van der Waals surface area contributed by atoms with Crippen molar-refractivity contribution in [1.82, 2.24) is 15.4 Å². The van der Waals surface area contributed by atoms with Crippen LogP contribution in [0.1, 0.15) is 25.7 Å². The standard InChI is InChI=1S/C22H27ClN6O4/c1-2-19(31)26-17-8-3-4-9-18(17)27-20-16(23)13-24-22(28-20)25-15-7-5-6-14(12-15)21(32)29-33-11-10-30/h2-4,8-9,13-15,30H,1,5-7,10-12H2,(H,26,31)(H,29,32)(H2,24,25,27,28)/t14-,15+/m0/s1. The SMILES string of the molecule is C=CC(=O)Nc1ccccc1Nc1nc(N[C@@H]2CCC[C@H](C(=O)NOCCO)C2)ncc1Cl. The first-order chi connectivity index (χ1) is 16.0. The van der Waals surface area contributed by atoms with Crippen molar-refractivity contribution in [2.75, 3.05) is 29.2 Å². The summed E-state index contributed by atoms with van der Waals surface area (Å²) in [6.45, 7) is 3.35. The first-order valence-electron chi connectivity index (χ1n) is 10.6. The van der Waals surface area contributed by atoms with Gasteiger partial charge >= 0.3 is 0 Å². The van der Waals surface area contributed by atoms with Crippen molar-refractivity contribution in [3.63, 3.8) is 0 Å². The molecule has 5 N–H and O–H groups in total. The van der Waals surface area contributed by atoms with Gasteiger partial charge in [-0.1, -0.05) is 36.7 Å². The van der Waals surface area contributed by atoms with Gasteiger partial charge in [0.05, 0.1) is 30.8 Å². The second-order valence-corrected chi connectivity index (χ2v) is 7.90. The number of nitrogens with one attached hydrogen (secondary N) is 4. The third-order valence-corrected chi connectivity index (χ3v) is 5.39. The van der Waals surface area contributed by atoms with Gasteiger partial charge in [-0.05, 0) is 37.5 Å². The molecule has 33 heavy (non-hydrogen) atoms. The minimum absolute atomic E-state index is 0.000494. The van der Waals surface area contributed by atoms with Crippen LogP contribution < -0.4 is 21.4 Å². The highest BCUT2D eigenvalue weighted by Crippen LogP contribution is 2.30. The van der Waals surface area contributed by atoms with Gasteiger partial charge < -0.3 is 21.1 Å². The number of aromatic nitrogens is 2. The first kappa shape index (κ1) is 24.4. The number of amides is 2. The van der Waals surface area contributed by atoms with Gasteiger partial charge in [0.15, 0.2) is 5.82 Å². The van der Waals surface area contributed by atoms with E-state index in [2.05, 4.69) is 38.0 Å². The Morgan fingerprint density at radius 3 is 2.82 bits per heavy atom. The van der Waals surface area contributed by atoms with E-state index in [-0.39, 0.29) is 37.0 Å². The van der Waals surface area contributed by atoms with Gasteiger partial charge in [-0.25, -0.2) is 10.5 Å². The zero-order chi connectivity index (χ0) is 23.6. The van der Waals surface area contributed by atoms with Crippen LogP contribution in [0, 0.1) is 5.92 Å². The van der Waals surface area contributed by atoms with E-state index >= 15 is 0 Å². The van der Waals surface area contributed by atoms with Crippen LogP contribution in [0.25, 0.3) is 0 Å². The van der Waals surface area contributed by atoms with Crippen LogP contribution in [0.3, 0.4) is 0 Å². The van der Waals surface area contributed by atoms with Crippen molar-refractivity contribution in [3.05, 3.63) is 48.1 Å². The average Bonchev–Trinajstić information content (AvgIpc) is 2.82. The molecular formula is C22H27ClN6O4. The number of para-hydroxylation sites is 2. The van der Waals surface area contributed by atoms with E-state index in [1.807, 2.05) is 6.07 Å². The van der Waals surface area contributed by atoms with E-state index in [0.29, 0.717) is 34.6 Å². The number of rotatable bonds is 10. The highest BCUT2D eigenvalue weighted by molar-refractivity contribution is 6.33. The zero-order valence-corrected chi connectivity index (χ0v) is 18.8. The third kappa shape index (κ3) is 7.14. The van der Waals surface area contributed by atoms with E-state index in [1.165, 1.54) is 12.3 Å². The summed E-state index contributed by atoms with van der Waals surface area (Å²) >= 11 is 6.30. The molecular weight excluding hydrogens is 448 g/mol. The maximum Gasteiger partial charge on any atom is 0.247 e. The van der Waals surface area contributed by atoms with Gasteiger partial charge in [-0.3, -0.25) is 14.4 Å². The fourth-order valence-electron chi connectivity index (χ4n) is 3.53. The molecule has 0 saturated heterocycles. The maximum absolute atomic E-state index is 12.3. The number of halogens is 1. The predicted octanol–water partition coefficient (Wildman–Crippen LogP) is 3.01. The lowest BCUT2D eigenvalue weighted by Gasteiger charge is -2.29. The smallest absolute Gasteiger partial charge is 0.247 e. The van der Waals surface area contributed by atoms with E-state index < -0.39 is 0 Å². The van der Waals surface area contributed by atoms with Crippen LogP contribution in [0.15, 0.2) is 43.1 Å². The molecule has 176 valence electrons. The molecule has 0 bridgehead atoms.